The molecular weight excluding hydrogens is 236 g/mol. The van der Waals surface area contributed by atoms with Crippen LogP contribution < -0.4 is 0 Å². The van der Waals surface area contributed by atoms with Crippen LogP contribution in [0.4, 0.5) is 0 Å². The zero-order chi connectivity index (χ0) is 13.3. The molecule has 5 nitrogen and oxygen atoms in total. The Labute approximate surface area is 110 Å². The lowest BCUT2D eigenvalue weighted by molar-refractivity contribution is -0.00847. The first-order valence-corrected chi connectivity index (χ1v) is 6.41. The van der Waals surface area contributed by atoms with Gasteiger partial charge in [0.05, 0.1) is 59.5 Å². The Bertz CT molecular complexity index is 163. The Kier molecular flexibility index (Phi) is 16.1. The minimum absolute atomic E-state index is 0.568. The Morgan fingerprint density at radius 1 is 0.667 bits per heavy atom. The van der Waals surface area contributed by atoms with Gasteiger partial charge in [-0.05, 0) is 6.92 Å². The van der Waals surface area contributed by atoms with E-state index in [4.69, 9.17) is 23.7 Å². The minimum atomic E-state index is 0.568. The molecule has 0 bridgehead atoms. The molecule has 0 fully saturated rings. The third-order valence-electron chi connectivity index (χ3n) is 1.93. The average molecular weight is 262 g/mol. The lowest BCUT2D eigenvalue weighted by Gasteiger charge is -2.07. The number of hydrogen-bond donors (Lipinski definition) is 0. The van der Waals surface area contributed by atoms with Crippen molar-refractivity contribution in [1.82, 2.24) is 0 Å². The van der Waals surface area contributed by atoms with Crippen molar-refractivity contribution < 1.29 is 23.7 Å². The Balaban J connectivity index is 2.88. The van der Waals surface area contributed by atoms with Gasteiger partial charge in [-0.1, -0.05) is 6.08 Å². The summed E-state index contributed by atoms with van der Waals surface area (Å²) in [6, 6.07) is 0. The zero-order valence-electron chi connectivity index (χ0n) is 11.4. The van der Waals surface area contributed by atoms with E-state index in [1.807, 2.05) is 6.92 Å². The molecule has 0 aliphatic heterocycles. The van der Waals surface area contributed by atoms with Gasteiger partial charge in [-0.3, -0.25) is 0 Å². The third-order valence-corrected chi connectivity index (χ3v) is 1.93. The van der Waals surface area contributed by atoms with E-state index in [-0.39, 0.29) is 0 Å². The lowest BCUT2D eigenvalue weighted by Crippen LogP contribution is -2.13. The van der Waals surface area contributed by atoms with Gasteiger partial charge in [0.1, 0.15) is 0 Å². The van der Waals surface area contributed by atoms with Gasteiger partial charge in [-0.2, -0.15) is 0 Å². The largest absolute Gasteiger partial charge is 0.379 e. The first-order valence-electron chi connectivity index (χ1n) is 6.41. The lowest BCUT2D eigenvalue weighted by atomic mass is 10.6. The predicted molar refractivity (Wildman–Crippen MR) is 70.0 cm³/mol. The first kappa shape index (κ1) is 17.5. The SMILES string of the molecule is C=CCOCCOCCOCCOCCOCC. The van der Waals surface area contributed by atoms with Gasteiger partial charge in [0.2, 0.25) is 0 Å². The summed E-state index contributed by atoms with van der Waals surface area (Å²) in [6.07, 6.45) is 1.72. The van der Waals surface area contributed by atoms with Crippen molar-refractivity contribution in [1.29, 1.82) is 0 Å². The molecule has 0 rings (SSSR count). The highest BCUT2D eigenvalue weighted by atomic mass is 16.6. The summed E-state index contributed by atoms with van der Waals surface area (Å²) >= 11 is 0. The fraction of sp³-hybridized carbons (Fsp3) is 0.846. The van der Waals surface area contributed by atoms with Crippen LogP contribution in [0.1, 0.15) is 6.92 Å². The molecule has 5 heteroatoms. The van der Waals surface area contributed by atoms with Crippen molar-refractivity contribution >= 4 is 0 Å². The first-order chi connectivity index (χ1) is 8.91. The maximum absolute atomic E-state index is 5.32. The third kappa shape index (κ3) is 15.5. The highest BCUT2D eigenvalue weighted by molar-refractivity contribution is 4.63. The van der Waals surface area contributed by atoms with Crippen molar-refractivity contribution in [3.05, 3.63) is 12.7 Å². The summed E-state index contributed by atoms with van der Waals surface area (Å²) < 4.78 is 26.2. The van der Waals surface area contributed by atoms with Gasteiger partial charge in [-0.25, -0.2) is 0 Å². The molecule has 0 unspecified atom stereocenters. The predicted octanol–water partition coefficient (Wildman–Crippen LogP) is 1.28. The van der Waals surface area contributed by atoms with Crippen LogP contribution in [0.25, 0.3) is 0 Å². The molecular formula is C13H26O5. The molecule has 18 heavy (non-hydrogen) atoms. The zero-order valence-corrected chi connectivity index (χ0v) is 11.4. The Morgan fingerprint density at radius 3 is 1.44 bits per heavy atom. The summed E-state index contributed by atoms with van der Waals surface area (Å²) in [5.74, 6) is 0. The van der Waals surface area contributed by atoms with Gasteiger partial charge in [0.15, 0.2) is 0 Å². The molecule has 0 atom stereocenters. The van der Waals surface area contributed by atoms with Gasteiger partial charge < -0.3 is 23.7 Å². The van der Waals surface area contributed by atoms with Crippen LogP contribution in [0.15, 0.2) is 12.7 Å². The van der Waals surface area contributed by atoms with E-state index in [1.165, 1.54) is 0 Å². The van der Waals surface area contributed by atoms with E-state index in [9.17, 15) is 0 Å². The second kappa shape index (κ2) is 16.5. The van der Waals surface area contributed by atoms with Crippen LogP contribution in [-0.4, -0.2) is 66.1 Å². The van der Waals surface area contributed by atoms with Crippen LogP contribution in [0, 0.1) is 0 Å². The van der Waals surface area contributed by atoms with E-state index < -0.39 is 0 Å². The van der Waals surface area contributed by atoms with E-state index >= 15 is 0 Å². The molecule has 0 spiro atoms. The van der Waals surface area contributed by atoms with E-state index in [0.717, 1.165) is 6.61 Å². The van der Waals surface area contributed by atoms with Gasteiger partial charge in [0.25, 0.3) is 0 Å². The molecule has 0 aromatic carbocycles. The summed E-state index contributed by atoms with van der Waals surface area (Å²) in [6.45, 7) is 11.6. The highest BCUT2D eigenvalue weighted by Gasteiger charge is 1.92. The average Bonchev–Trinajstić information content (AvgIpc) is 2.39. The van der Waals surface area contributed by atoms with Crippen LogP contribution in [0.2, 0.25) is 0 Å². The van der Waals surface area contributed by atoms with Gasteiger partial charge in [0, 0.05) is 6.61 Å². The molecule has 0 radical (unpaired) electrons. The second-order valence-corrected chi connectivity index (χ2v) is 3.40. The second-order valence-electron chi connectivity index (χ2n) is 3.40. The number of hydrogen-bond acceptors (Lipinski definition) is 5. The summed E-state index contributed by atoms with van der Waals surface area (Å²) in [5.41, 5.74) is 0. The van der Waals surface area contributed by atoms with Crippen molar-refractivity contribution in [2.24, 2.45) is 0 Å². The van der Waals surface area contributed by atoms with Crippen molar-refractivity contribution in [3.63, 3.8) is 0 Å². The maximum atomic E-state index is 5.32. The monoisotopic (exact) mass is 262 g/mol. The van der Waals surface area contributed by atoms with E-state index in [1.54, 1.807) is 6.08 Å². The van der Waals surface area contributed by atoms with Gasteiger partial charge >= 0.3 is 0 Å². The molecule has 0 amide bonds. The van der Waals surface area contributed by atoms with Crippen LogP contribution >= 0.6 is 0 Å². The van der Waals surface area contributed by atoms with E-state index in [0.29, 0.717) is 59.5 Å². The summed E-state index contributed by atoms with van der Waals surface area (Å²) in [4.78, 5) is 0. The highest BCUT2D eigenvalue weighted by Crippen LogP contribution is 1.83. The molecule has 0 saturated carbocycles. The van der Waals surface area contributed by atoms with Crippen molar-refractivity contribution in [2.75, 3.05) is 66.1 Å². The van der Waals surface area contributed by atoms with Gasteiger partial charge in [-0.15, -0.1) is 6.58 Å². The molecule has 0 heterocycles. The molecule has 0 saturated heterocycles. The molecule has 0 aromatic heterocycles. The maximum Gasteiger partial charge on any atom is 0.0704 e. The standard InChI is InChI=1S/C13H26O5/c1-3-5-15-8-9-17-12-13-18-11-10-16-7-6-14-4-2/h3H,1,4-13H2,2H3. The molecule has 0 aliphatic carbocycles. The minimum Gasteiger partial charge on any atom is -0.379 e. The fourth-order valence-electron chi connectivity index (χ4n) is 1.09. The Morgan fingerprint density at radius 2 is 1.06 bits per heavy atom. The topological polar surface area (TPSA) is 46.2 Å². The molecule has 0 aromatic rings. The molecule has 0 N–H and O–H groups in total. The fourth-order valence-corrected chi connectivity index (χ4v) is 1.09. The molecule has 108 valence electrons. The van der Waals surface area contributed by atoms with Crippen LogP contribution in [0.5, 0.6) is 0 Å². The normalized spacial score (nSPS) is 10.7. The van der Waals surface area contributed by atoms with E-state index in [2.05, 4.69) is 6.58 Å². The molecule has 0 aliphatic rings. The van der Waals surface area contributed by atoms with Crippen LogP contribution in [-0.2, 0) is 23.7 Å². The van der Waals surface area contributed by atoms with Crippen molar-refractivity contribution in [3.8, 4) is 0 Å². The summed E-state index contributed by atoms with van der Waals surface area (Å²) in [5, 5.41) is 0. The number of rotatable bonds is 15. The smallest absolute Gasteiger partial charge is 0.0704 e. The Hall–Kier alpha value is -0.460. The van der Waals surface area contributed by atoms with Crippen LogP contribution in [0.3, 0.4) is 0 Å². The number of ether oxygens (including phenoxy) is 5. The summed E-state index contributed by atoms with van der Waals surface area (Å²) in [7, 11) is 0. The quantitative estimate of drug-likeness (QED) is 0.328. The van der Waals surface area contributed by atoms with Crippen molar-refractivity contribution in [2.45, 2.75) is 6.92 Å².